The van der Waals surface area contributed by atoms with Crippen molar-refractivity contribution in [3.8, 4) is 0 Å². The first kappa shape index (κ1) is 13.7. The van der Waals surface area contributed by atoms with Gasteiger partial charge in [-0.2, -0.15) is 0 Å². The van der Waals surface area contributed by atoms with E-state index in [0.717, 1.165) is 25.9 Å². The van der Waals surface area contributed by atoms with Crippen molar-refractivity contribution in [3.63, 3.8) is 0 Å². The van der Waals surface area contributed by atoms with Crippen LogP contribution in [0.1, 0.15) is 23.2 Å². The quantitative estimate of drug-likeness (QED) is 0.907. The number of hydrogen-bond acceptors (Lipinski definition) is 2. The van der Waals surface area contributed by atoms with Crippen LogP contribution in [0.15, 0.2) is 18.2 Å². The van der Waals surface area contributed by atoms with Crippen molar-refractivity contribution in [2.45, 2.75) is 18.9 Å². The number of likely N-dealkylation sites (tertiary alicyclic amines) is 1. The third kappa shape index (κ3) is 2.97. The highest BCUT2D eigenvalue weighted by Crippen LogP contribution is 2.23. The monoisotopic (exact) mass is 286 g/mol. The Bertz CT molecular complexity index is 443. The zero-order valence-corrected chi connectivity index (χ0v) is 11.8. The minimum atomic E-state index is -0.0305. The Kier molecular flexibility index (Phi) is 4.49. The molecule has 98 valence electrons. The molecule has 1 aromatic carbocycles. The number of benzene rings is 1. The van der Waals surface area contributed by atoms with Crippen LogP contribution in [0.25, 0.3) is 0 Å². The first-order chi connectivity index (χ1) is 8.61. The predicted molar refractivity (Wildman–Crippen MR) is 74.4 cm³/mol. The molecule has 1 aliphatic heterocycles. The summed E-state index contributed by atoms with van der Waals surface area (Å²) in [6.45, 7) is 1.51. The van der Waals surface area contributed by atoms with Gasteiger partial charge in [-0.3, -0.25) is 4.79 Å². The standard InChI is InChI=1S/C13H16Cl2N2O/c1-16-10-4-6-17(7-5-10)13(18)11-8-9(14)2-3-12(11)15/h2-3,8,10,16H,4-7H2,1H3. The number of carbonyl (C=O) groups is 1. The average Bonchev–Trinajstić information content (AvgIpc) is 2.41. The average molecular weight is 287 g/mol. The smallest absolute Gasteiger partial charge is 0.255 e. The van der Waals surface area contributed by atoms with Crippen molar-refractivity contribution in [1.29, 1.82) is 0 Å². The predicted octanol–water partition coefficient (Wildman–Crippen LogP) is 2.82. The number of halogens is 2. The Balaban J connectivity index is 2.10. The lowest BCUT2D eigenvalue weighted by Crippen LogP contribution is -2.44. The molecule has 1 aromatic rings. The SMILES string of the molecule is CNC1CCN(C(=O)c2cc(Cl)ccc2Cl)CC1. The number of amides is 1. The Labute approximate surface area is 117 Å². The van der Waals surface area contributed by atoms with Crippen LogP contribution in [0.4, 0.5) is 0 Å². The van der Waals surface area contributed by atoms with E-state index in [1.807, 2.05) is 11.9 Å². The molecule has 0 spiro atoms. The molecule has 1 amide bonds. The number of rotatable bonds is 2. The molecule has 0 atom stereocenters. The van der Waals surface area contributed by atoms with Gasteiger partial charge in [0.25, 0.3) is 5.91 Å². The van der Waals surface area contributed by atoms with E-state index in [9.17, 15) is 4.79 Å². The number of nitrogens with zero attached hydrogens (tertiary/aromatic N) is 1. The van der Waals surface area contributed by atoms with Crippen molar-refractivity contribution in [3.05, 3.63) is 33.8 Å². The maximum absolute atomic E-state index is 12.3. The van der Waals surface area contributed by atoms with Crippen molar-refractivity contribution >= 4 is 29.1 Å². The third-order valence-electron chi connectivity index (χ3n) is 3.35. The molecule has 18 heavy (non-hydrogen) atoms. The summed E-state index contributed by atoms with van der Waals surface area (Å²) in [5.74, 6) is -0.0305. The molecule has 1 N–H and O–H groups in total. The van der Waals surface area contributed by atoms with Gasteiger partial charge in [0.2, 0.25) is 0 Å². The van der Waals surface area contributed by atoms with Crippen LogP contribution >= 0.6 is 23.2 Å². The maximum Gasteiger partial charge on any atom is 0.255 e. The highest BCUT2D eigenvalue weighted by atomic mass is 35.5. The van der Waals surface area contributed by atoms with E-state index in [0.29, 0.717) is 21.7 Å². The number of hydrogen-bond donors (Lipinski definition) is 1. The summed E-state index contributed by atoms with van der Waals surface area (Å²) in [6.07, 6.45) is 1.95. The van der Waals surface area contributed by atoms with Gasteiger partial charge in [-0.1, -0.05) is 23.2 Å². The van der Waals surface area contributed by atoms with Crippen LogP contribution in [-0.4, -0.2) is 37.0 Å². The lowest BCUT2D eigenvalue weighted by Gasteiger charge is -2.32. The fourth-order valence-electron chi connectivity index (χ4n) is 2.20. The summed E-state index contributed by atoms with van der Waals surface area (Å²) >= 11 is 12.0. The molecule has 5 heteroatoms. The van der Waals surface area contributed by atoms with E-state index < -0.39 is 0 Å². The maximum atomic E-state index is 12.3. The first-order valence-corrected chi connectivity index (χ1v) is 6.79. The van der Waals surface area contributed by atoms with E-state index >= 15 is 0 Å². The van der Waals surface area contributed by atoms with Gasteiger partial charge in [-0.05, 0) is 38.1 Å². The number of piperidine rings is 1. The van der Waals surface area contributed by atoms with E-state index in [1.165, 1.54) is 0 Å². The van der Waals surface area contributed by atoms with Crippen LogP contribution in [0.2, 0.25) is 10.0 Å². The number of nitrogens with one attached hydrogen (secondary N) is 1. The molecule has 2 rings (SSSR count). The molecular weight excluding hydrogens is 271 g/mol. The first-order valence-electron chi connectivity index (χ1n) is 6.03. The second kappa shape index (κ2) is 5.91. The van der Waals surface area contributed by atoms with E-state index in [-0.39, 0.29) is 5.91 Å². The fraction of sp³-hybridized carbons (Fsp3) is 0.462. The lowest BCUT2D eigenvalue weighted by atomic mass is 10.0. The highest BCUT2D eigenvalue weighted by Gasteiger charge is 2.24. The molecule has 1 saturated heterocycles. The zero-order valence-electron chi connectivity index (χ0n) is 10.2. The van der Waals surface area contributed by atoms with Crippen molar-refractivity contribution in [2.75, 3.05) is 20.1 Å². The molecule has 1 fully saturated rings. The summed E-state index contributed by atoms with van der Waals surface area (Å²) in [7, 11) is 1.95. The lowest BCUT2D eigenvalue weighted by molar-refractivity contribution is 0.0707. The largest absolute Gasteiger partial charge is 0.338 e. The van der Waals surface area contributed by atoms with Gasteiger partial charge in [0, 0.05) is 24.2 Å². The molecule has 1 heterocycles. The van der Waals surface area contributed by atoms with Gasteiger partial charge in [0.15, 0.2) is 0 Å². The van der Waals surface area contributed by atoms with Crippen molar-refractivity contribution in [1.82, 2.24) is 10.2 Å². The van der Waals surface area contributed by atoms with E-state index in [2.05, 4.69) is 5.32 Å². The molecular formula is C13H16Cl2N2O. The van der Waals surface area contributed by atoms with Crippen LogP contribution < -0.4 is 5.32 Å². The molecule has 0 unspecified atom stereocenters. The summed E-state index contributed by atoms with van der Waals surface area (Å²) < 4.78 is 0. The van der Waals surface area contributed by atoms with Crippen molar-refractivity contribution < 1.29 is 4.79 Å². The van der Waals surface area contributed by atoms with Crippen molar-refractivity contribution in [2.24, 2.45) is 0 Å². The molecule has 0 bridgehead atoms. The Morgan fingerprint density at radius 2 is 2.00 bits per heavy atom. The minimum Gasteiger partial charge on any atom is -0.338 e. The summed E-state index contributed by atoms with van der Waals surface area (Å²) in [5, 5.41) is 4.23. The van der Waals surface area contributed by atoms with E-state index in [4.69, 9.17) is 23.2 Å². The molecule has 1 aliphatic rings. The second-order valence-corrected chi connectivity index (χ2v) is 5.32. The van der Waals surface area contributed by atoms with Gasteiger partial charge in [-0.25, -0.2) is 0 Å². The molecule has 0 radical (unpaired) electrons. The van der Waals surface area contributed by atoms with Gasteiger partial charge in [0.1, 0.15) is 0 Å². The molecule has 3 nitrogen and oxygen atoms in total. The van der Waals surface area contributed by atoms with Crippen LogP contribution in [-0.2, 0) is 0 Å². The molecule has 0 aromatic heterocycles. The van der Waals surface area contributed by atoms with Gasteiger partial charge >= 0.3 is 0 Å². The zero-order chi connectivity index (χ0) is 13.1. The summed E-state index contributed by atoms with van der Waals surface area (Å²) in [4.78, 5) is 14.2. The van der Waals surface area contributed by atoms with Gasteiger partial charge < -0.3 is 10.2 Å². The summed E-state index contributed by atoms with van der Waals surface area (Å²) in [5.41, 5.74) is 0.493. The highest BCUT2D eigenvalue weighted by molar-refractivity contribution is 6.35. The Morgan fingerprint density at radius 3 is 2.61 bits per heavy atom. The van der Waals surface area contributed by atoms with Gasteiger partial charge in [0.05, 0.1) is 10.6 Å². The summed E-state index contributed by atoms with van der Waals surface area (Å²) in [6, 6.07) is 5.49. The Morgan fingerprint density at radius 1 is 1.33 bits per heavy atom. The Hall–Kier alpha value is -0.770. The molecule has 0 aliphatic carbocycles. The molecule has 0 saturated carbocycles. The van der Waals surface area contributed by atoms with Crippen LogP contribution in [0.3, 0.4) is 0 Å². The van der Waals surface area contributed by atoms with Crippen LogP contribution in [0, 0.1) is 0 Å². The number of carbonyl (C=O) groups excluding carboxylic acids is 1. The topological polar surface area (TPSA) is 32.3 Å². The van der Waals surface area contributed by atoms with Crippen LogP contribution in [0.5, 0.6) is 0 Å². The normalized spacial score (nSPS) is 16.9. The third-order valence-corrected chi connectivity index (χ3v) is 3.91. The van der Waals surface area contributed by atoms with E-state index in [1.54, 1.807) is 18.2 Å². The van der Waals surface area contributed by atoms with Gasteiger partial charge in [-0.15, -0.1) is 0 Å². The second-order valence-electron chi connectivity index (χ2n) is 4.48. The fourth-order valence-corrected chi connectivity index (χ4v) is 2.57. The minimum absolute atomic E-state index is 0.0305.